The third kappa shape index (κ3) is 2.64. The van der Waals surface area contributed by atoms with Crippen molar-refractivity contribution in [1.82, 2.24) is 5.32 Å². The summed E-state index contributed by atoms with van der Waals surface area (Å²) in [6.45, 7) is 4.57. The maximum atomic E-state index is 3.48. The molecule has 1 saturated carbocycles. The van der Waals surface area contributed by atoms with Crippen LogP contribution in [0.4, 0.5) is 5.69 Å². The summed E-state index contributed by atoms with van der Waals surface area (Å²) in [4.78, 5) is 2.57. The number of nitrogens with zero attached hydrogens (tertiary/aromatic N) is 1. The van der Waals surface area contributed by atoms with E-state index in [1.807, 2.05) is 0 Å². The minimum Gasteiger partial charge on any atom is -0.371 e. The van der Waals surface area contributed by atoms with Crippen molar-refractivity contribution in [3.05, 3.63) is 29.3 Å². The van der Waals surface area contributed by atoms with Crippen molar-refractivity contribution in [2.45, 2.75) is 51.6 Å². The Morgan fingerprint density at radius 1 is 1.26 bits per heavy atom. The predicted molar refractivity (Wildman–Crippen MR) is 81.7 cm³/mol. The second-order valence-electron chi connectivity index (χ2n) is 6.38. The largest absolute Gasteiger partial charge is 0.371 e. The molecule has 3 rings (SSSR count). The van der Waals surface area contributed by atoms with Crippen molar-refractivity contribution in [3.63, 3.8) is 0 Å². The quantitative estimate of drug-likeness (QED) is 0.875. The Labute approximate surface area is 117 Å². The highest BCUT2D eigenvalue weighted by Gasteiger charge is 2.24. The van der Waals surface area contributed by atoms with Crippen LogP contribution in [0.5, 0.6) is 0 Å². The molecule has 2 atom stereocenters. The molecule has 0 saturated heterocycles. The normalized spacial score (nSPS) is 26.8. The summed E-state index contributed by atoms with van der Waals surface area (Å²) in [7, 11) is 2.31. The molecule has 1 aliphatic carbocycles. The fourth-order valence-corrected chi connectivity index (χ4v) is 3.79. The molecule has 0 aromatic heterocycles. The third-order valence-corrected chi connectivity index (χ3v) is 4.95. The Morgan fingerprint density at radius 3 is 3.00 bits per heavy atom. The van der Waals surface area contributed by atoms with Crippen LogP contribution >= 0.6 is 0 Å². The Balaban J connectivity index is 1.84. The van der Waals surface area contributed by atoms with Gasteiger partial charge in [0.25, 0.3) is 0 Å². The number of hydrogen-bond acceptors (Lipinski definition) is 2. The van der Waals surface area contributed by atoms with Gasteiger partial charge in [0.1, 0.15) is 0 Å². The first-order valence-corrected chi connectivity index (χ1v) is 7.80. The van der Waals surface area contributed by atoms with Crippen LogP contribution < -0.4 is 10.2 Å². The molecule has 0 spiro atoms. The molecule has 104 valence electrons. The lowest BCUT2D eigenvalue weighted by Crippen LogP contribution is -2.37. The number of anilines is 1. The molecular formula is C17H26N2. The zero-order valence-electron chi connectivity index (χ0n) is 12.3. The smallest absolute Gasteiger partial charge is 0.0402 e. The summed E-state index contributed by atoms with van der Waals surface area (Å²) in [5.74, 6) is 0.891. The van der Waals surface area contributed by atoms with E-state index >= 15 is 0 Å². The van der Waals surface area contributed by atoms with Crippen molar-refractivity contribution in [3.8, 4) is 0 Å². The van der Waals surface area contributed by atoms with E-state index in [4.69, 9.17) is 0 Å². The highest BCUT2D eigenvalue weighted by molar-refractivity contribution is 5.58. The predicted octanol–water partition coefficient (Wildman–Crippen LogP) is 3.35. The first-order chi connectivity index (χ1) is 9.25. The lowest BCUT2D eigenvalue weighted by molar-refractivity contribution is 0.336. The topological polar surface area (TPSA) is 15.3 Å². The van der Waals surface area contributed by atoms with Gasteiger partial charge in [0.2, 0.25) is 0 Å². The van der Waals surface area contributed by atoms with Gasteiger partial charge in [-0.05, 0) is 48.9 Å². The molecule has 2 unspecified atom stereocenters. The summed E-state index contributed by atoms with van der Waals surface area (Å²) in [6.07, 6.45) is 6.72. The number of hydrogen-bond donors (Lipinski definition) is 1. The molecule has 1 heterocycles. The molecule has 1 N–H and O–H groups in total. The van der Waals surface area contributed by atoms with E-state index in [1.165, 1.54) is 43.4 Å². The van der Waals surface area contributed by atoms with Gasteiger partial charge in [0, 0.05) is 25.3 Å². The molecule has 0 radical (unpaired) electrons. The summed E-state index contributed by atoms with van der Waals surface area (Å²) >= 11 is 0. The summed E-state index contributed by atoms with van der Waals surface area (Å²) in [5, 5.41) is 3.48. The second-order valence-corrected chi connectivity index (χ2v) is 6.38. The first kappa shape index (κ1) is 13.0. The minimum absolute atomic E-state index is 0.741. The van der Waals surface area contributed by atoms with E-state index in [-0.39, 0.29) is 0 Å². The van der Waals surface area contributed by atoms with Crippen molar-refractivity contribution >= 4 is 5.69 Å². The van der Waals surface area contributed by atoms with Gasteiger partial charge in [0.05, 0.1) is 0 Å². The lowest BCUT2D eigenvalue weighted by Gasteiger charge is -2.37. The zero-order chi connectivity index (χ0) is 13.2. The molecular weight excluding hydrogens is 232 g/mol. The van der Waals surface area contributed by atoms with E-state index in [0.717, 1.165) is 25.0 Å². The van der Waals surface area contributed by atoms with Gasteiger partial charge >= 0.3 is 0 Å². The zero-order valence-corrected chi connectivity index (χ0v) is 12.3. The second kappa shape index (κ2) is 5.54. The van der Waals surface area contributed by atoms with Crippen LogP contribution in [-0.2, 0) is 13.0 Å². The van der Waals surface area contributed by atoms with Crippen molar-refractivity contribution in [1.29, 1.82) is 0 Å². The fourth-order valence-electron chi connectivity index (χ4n) is 3.79. The highest BCUT2D eigenvalue weighted by Crippen LogP contribution is 2.33. The van der Waals surface area contributed by atoms with E-state index in [0.29, 0.717) is 0 Å². The van der Waals surface area contributed by atoms with Crippen LogP contribution in [0.15, 0.2) is 18.2 Å². The van der Waals surface area contributed by atoms with Crippen LogP contribution in [0, 0.1) is 5.92 Å². The summed E-state index contributed by atoms with van der Waals surface area (Å²) in [6, 6.07) is 7.57. The Bertz CT molecular complexity index is 441. The number of fused-ring (bicyclic) bond motifs is 1. The monoisotopic (exact) mass is 258 g/mol. The number of benzene rings is 1. The van der Waals surface area contributed by atoms with E-state index in [9.17, 15) is 0 Å². The van der Waals surface area contributed by atoms with Gasteiger partial charge in [-0.15, -0.1) is 0 Å². The third-order valence-electron chi connectivity index (χ3n) is 4.95. The fraction of sp³-hybridized carbons (Fsp3) is 0.647. The maximum Gasteiger partial charge on any atom is 0.0402 e. The standard InChI is InChI=1S/C17H26N2/c1-13-5-3-7-15(11-13)19(2)17-8-4-6-14-12-18-10-9-16(14)17/h4,6,8,13,15,18H,3,5,7,9-12H2,1-2H3. The Kier molecular flexibility index (Phi) is 3.79. The van der Waals surface area contributed by atoms with E-state index in [1.54, 1.807) is 5.56 Å². The first-order valence-electron chi connectivity index (χ1n) is 7.80. The Hall–Kier alpha value is -1.02. The van der Waals surface area contributed by atoms with Crippen molar-refractivity contribution < 1.29 is 0 Å². The van der Waals surface area contributed by atoms with Crippen LogP contribution in [-0.4, -0.2) is 19.6 Å². The van der Waals surface area contributed by atoms with Gasteiger partial charge in [-0.25, -0.2) is 0 Å². The molecule has 2 aliphatic rings. The van der Waals surface area contributed by atoms with E-state index in [2.05, 4.69) is 42.4 Å². The van der Waals surface area contributed by atoms with Gasteiger partial charge in [-0.1, -0.05) is 31.9 Å². The number of rotatable bonds is 2. The molecule has 0 amide bonds. The van der Waals surface area contributed by atoms with Crippen LogP contribution in [0.3, 0.4) is 0 Å². The molecule has 19 heavy (non-hydrogen) atoms. The average Bonchev–Trinajstić information content (AvgIpc) is 2.46. The van der Waals surface area contributed by atoms with Crippen LogP contribution in [0.1, 0.15) is 43.7 Å². The number of nitrogens with one attached hydrogen (secondary N) is 1. The summed E-state index contributed by atoms with van der Waals surface area (Å²) in [5.41, 5.74) is 4.57. The van der Waals surface area contributed by atoms with Crippen LogP contribution in [0.2, 0.25) is 0 Å². The SMILES string of the molecule is CC1CCCC(N(C)c2cccc3c2CCNC3)C1. The molecule has 1 fully saturated rings. The average molecular weight is 258 g/mol. The maximum absolute atomic E-state index is 3.48. The van der Waals surface area contributed by atoms with Crippen molar-refractivity contribution in [2.24, 2.45) is 5.92 Å². The molecule has 1 aliphatic heterocycles. The molecule has 1 aromatic carbocycles. The van der Waals surface area contributed by atoms with Gasteiger partial charge < -0.3 is 10.2 Å². The summed E-state index contributed by atoms with van der Waals surface area (Å²) < 4.78 is 0. The van der Waals surface area contributed by atoms with Gasteiger partial charge in [-0.3, -0.25) is 0 Å². The molecule has 0 bridgehead atoms. The highest BCUT2D eigenvalue weighted by atomic mass is 15.1. The van der Waals surface area contributed by atoms with Gasteiger partial charge in [0.15, 0.2) is 0 Å². The Morgan fingerprint density at radius 2 is 2.16 bits per heavy atom. The molecule has 2 nitrogen and oxygen atoms in total. The van der Waals surface area contributed by atoms with Crippen molar-refractivity contribution in [2.75, 3.05) is 18.5 Å². The minimum atomic E-state index is 0.741. The molecule has 2 heteroatoms. The van der Waals surface area contributed by atoms with Gasteiger partial charge in [-0.2, -0.15) is 0 Å². The van der Waals surface area contributed by atoms with Crippen LogP contribution in [0.25, 0.3) is 0 Å². The lowest BCUT2D eigenvalue weighted by atomic mass is 9.85. The van der Waals surface area contributed by atoms with E-state index < -0.39 is 0 Å². The molecule has 1 aromatic rings.